The monoisotopic (exact) mass is 313 g/mol. The Kier molecular flexibility index (Phi) is 4.98. The van der Waals surface area contributed by atoms with Crippen LogP contribution in [0.1, 0.15) is 17.3 Å². The smallest absolute Gasteiger partial charge is 0.277 e. The van der Waals surface area contributed by atoms with Crippen LogP contribution in [0, 0.1) is 22.5 Å². The Balaban J connectivity index is 3.32. The second-order valence-corrected chi connectivity index (χ2v) is 4.80. The van der Waals surface area contributed by atoms with Gasteiger partial charge in [0.05, 0.1) is 18.1 Å². The van der Waals surface area contributed by atoms with Crippen LogP contribution in [-0.2, 0) is 0 Å². The number of alkyl halides is 1. The van der Waals surface area contributed by atoms with Crippen molar-refractivity contribution in [3.63, 3.8) is 0 Å². The number of nitro groups is 1. The minimum absolute atomic E-state index is 0.0245. The van der Waals surface area contributed by atoms with Gasteiger partial charge in [0.2, 0.25) is 0 Å². The number of benzene rings is 1. The highest BCUT2D eigenvalue weighted by molar-refractivity contribution is 9.09. The van der Waals surface area contributed by atoms with E-state index >= 15 is 0 Å². The molecule has 0 N–H and O–H groups in total. The molecule has 0 saturated carbocycles. The molecule has 0 saturated heterocycles. The van der Waals surface area contributed by atoms with Crippen LogP contribution in [0.5, 0.6) is 11.5 Å². The standard InChI is InChI=1S/C12H12BrNO4/c1-4-5-18-12-7-10(14(15)16)9(8(2)13)6-11(12)17-3/h1,6-8H,5H2,2-3H3. The summed E-state index contributed by atoms with van der Waals surface area (Å²) in [4.78, 5) is 10.4. The molecular formula is C12H12BrNO4. The normalized spacial score (nSPS) is 11.4. The molecule has 1 unspecified atom stereocenters. The minimum Gasteiger partial charge on any atom is -0.493 e. The van der Waals surface area contributed by atoms with Crippen molar-refractivity contribution in [2.45, 2.75) is 11.8 Å². The summed E-state index contributed by atoms with van der Waals surface area (Å²) in [5.74, 6) is 2.97. The number of hydrogen-bond acceptors (Lipinski definition) is 4. The van der Waals surface area contributed by atoms with Gasteiger partial charge in [0.15, 0.2) is 11.5 Å². The van der Waals surface area contributed by atoms with E-state index in [9.17, 15) is 10.1 Å². The zero-order chi connectivity index (χ0) is 13.7. The van der Waals surface area contributed by atoms with Crippen molar-refractivity contribution in [1.82, 2.24) is 0 Å². The van der Waals surface area contributed by atoms with E-state index in [-0.39, 0.29) is 22.9 Å². The third kappa shape index (κ3) is 3.14. The first-order chi connectivity index (χ1) is 8.51. The maximum Gasteiger partial charge on any atom is 0.277 e. The molecule has 1 atom stereocenters. The molecule has 1 aromatic rings. The van der Waals surface area contributed by atoms with Gasteiger partial charge in [0.25, 0.3) is 5.69 Å². The van der Waals surface area contributed by atoms with Gasteiger partial charge in [0.1, 0.15) is 6.61 Å². The Morgan fingerprint density at radius 1 is 1.56 bits per heavy atom. The van der Waals surface area contributed by atoms with E-state index in [0.29, 0.717) is 11.3 Å². The molecular weight excluding hydrogens is 302 g/mol. The second-order valence-electron chi connectivity index (χ2n) is 3.43. The summed E-state index contributed by atoms with van der Waals surface area (Å²) in [5, 5.41) is 11.0. The Hall–Kier alpha value is -1.74. The lowest BCUT2D eigenvalue weighted by atomic mass is 10.1. The van der Waals surface area contributed by atoms with Crippen molar-refractivity contribution in [3.05, 3.63) is 27.8 Å². The molecule has 5 nitrogen and oxygen atoms in total. The second kappa shape index (κ2) is 6.26. The lowest BCUT2D eigenvalue weighted by molar-refractivity contribution is -0.385. The summed E-state index contributed by atoms with van der Waals surface area (Å²) < 4.78 is 10.4. The molecule has 18 heavy (non-hydrogen) atoms. The lowest BCUT2D eigenvalue weighted by Crippen LogP contribution is -2.01. The van der Waals surface area contributed by atoms with E-state index in [1.54, 1.807) is 13.0 Å². The molecule has 1 rings (SSSR count). The summed E-state index contributed by atoms with van der Waals surface area (Å²) in [6.45, 7) is 1.82. The van der Waals surface area contributed by atoms with Gasteiger partial charge in [-0.25, -0.2) is 0 Å². The van der Waals surface area contributed by atoms with E-state index in [1.165, 1.54) is 13.2 Å². The van der Waals surface area contributed by atoms with Gasteiger partial charge in [-0.15, -0.1) is 6.42 Å². The van der Waals surface area contributed by atoms with E-state index in [2.05, 4.69) is 21.9 Å². The average molecular weight is 314 g/mol. The van der Waals surface area contributed by atoms with Gasteiger partial charge in [0, 0.05) is 10.4 Å². The predicted molar refractivity (Wildman–Crippen MR) is 71.3 cm³/mol. The van der Waals surface area contributed by atoms with Crippen molar-refractivity contribution in [1.29, 1.82) is 0 Å². The van der Waals surface area contributed by atoms with Gasteiger partial charge in [-0.2, -0.15) is 0 Å². The van der Waals surface area contributed by atoms with Crippen molar-refractivity contribution >= 4 is 21.6 Å². The molecule has 0 spiro atoms. The topological polar surface area (TPSA) is 61.6 Å². The van der Waals surface area contributed by atoms with E-state index in [1.807, 2.05) is 0 Å². The number of rotatable bonds is 5. The number of halogens is 1. The highest BCUT2D eigenvalue weighted by Gasteiger charge is 2.22. The fourth-order valence-electron chi connectivity index (χ4n) is 1.43. The van der Waals surface area contributed by atoms with Crippen LogP contribution in [-0.4, -0.2) is 18.6 Å². The maximum atomic E-state index is 11.0. The van der Waals surface area contributed by atoms with Crippen LogP contribution < -0.4 is 9.47 Å². The van der Waals surface area contributed by atoms with E-state index in [0.717, 1.165) is 0 Å². The third-order valence-electron chi connectivity index (χ3n) is 2.25. The molecule has 0 heterocycles. The maximum absolute atomic E-state index is 11.0. The molecule has 0 aliphatic carbocycles. The fraction of sp³-hybridized carbons (Fsp3) is 0.333. The Bertz CT molecular complexity index is 494. The Morgan fingerprint density at radius 3 is 2.67 bits per heavy atom. The Labute approximate surface area is 113 Å². The fourth-order valence-corrected chi connectivity index (χ4v) is 1.80. The summed E-state index contributed by atoms with van der Waals surface area (Å²) in [5.41, 5.74) is 0.483. The molecule has 0 amide bonds. The number of nitrogens with zero attached hydrogens (tertiary/aromatic N) is 1. The molecule has 0 bridgehead atoms. The Morgan fingerprint density at radius 2 is 2.22 bits per heavy atom. The highest BCUT2D eigenvalue weighted by atomic mass is 79.9. The summed E-state index contributed by atoms with van der Waals surface area (Å²) in [6.07, 6.45) is 5.09. The van der Waals surface area contributed by atoms with Crippen LogP contribution in [0.3, 0.4) is 0 Å². The molecule has 6 heteroatoms. The first-order valence-electron chi connectivity index (χ1n) is 5.08. The van der Waals surface area contributed by atoms with Crippen LogP contribution in [0.15, 0.2) is 12.1 Å². The molecule has 0 aromatic heterocycles. The summed E-state index contributed by atoms with van der Waals surface area (Å²) >= 11 is 3.31. The molecule has 0 aliphatic heterocycles. The number of ether oxygens (including phenoxy) is 2. The molecule has 1 aromatic carbocycles. The van der Waals surface area contributed by atoms with Gasteiger partial charge < -0.3 is 9.47 Å². The van der Waals surface area contributed by atoms with Crippen molar-refractivity contribution in [2.24, 2.45) is 0 Å². The van der Waals surface area contributed by atoms with Crippen molar-refractivity contribution in [2.75, 3.05) is 13.7 Å². The van der Waals surface area contributed by atoms with Gasteiger partial charge >= 0.3 is 0 Å². The van der Waals surface area contributed by atoms with E-state index in [4.69, 9.17) is 15.9 Å². The summed E-state index contributed by atoms with van der Waals surface area (Å²) in [6, 6.07) is 2.90. The number of methoxy groups -OCH3 is 1. The first kappa shape index (κ1) is 14.3. The summed E-state index contributed by atoms with van der Waals surface area (Å²) in [7, 11) is 1.46. The lowest BCUT2D eigenvalue weighted by Gasteiger charge is -2.12. The first-order valence-corrected chi connectivity index (χ1v) is 5.99. The van der Waals surface area contributed by atoms with Crippen molar-refractivity contribution < 1.29 is 14.4 Å². The van der Waals surface area contributed by atoms with Gasteiger partial charge in [-0.05, 0) is 13.0 Å². The third-order valence-corrected chi connectivity index (χ3v) is 2.74. The number of terminal acetylenes is 1. The number of nitro benzene ring substituents is 1. The van der Waals surface area contributed by atoms with Crippen molar-refractivity contribution in [3.8, 4) is 23.8 Å². The van der Waals surface area contributed by atoms with Gasteiger partial charge in [-0.3, -0.25) is 10.1 Å². The molecule has 96 valence electrons. The zero-order valence-electron chi connectivity index (χ0n) is 9.97. The number of hydrogen-bond donors (Lipinski definition) is 0. The SMILES string of the molecule is C#CCOc1cc([N+](=O)[O-])c(C(C)Br)cc1OC. The van der Waals surface area contributed by atoms with Crippen LogP contribution in [0.4, 0.5) is 5.69 Å². The largest absolute Gasteiger partial charge is 0.493 e. The highest BCUT2D eigenvalue weighted by Crippen LogP contribution is 2.39. The van der Waals surface area contributed by atoms with Crippen LogP contribution in [0.2, 0.25) is 0 Å². The average Bonchev–Trinajstić information content (AvgIpc) is 2.34. The van der Waals surface area contributed by atoms with Crippen LogP contribution >= 0.6 is 15.9 Å². The van der Waals surface area contributed by atoms with Crippen LogP contribution in [0.25, 0.3) is 0 Å². The molecule has 0 radical (unpaired) electrons. The quantitative estimate of drug-likeness (QED) is 0.363. The minimum atomic E-state index is -0.463. The molecule has 0 fully saturated rings. The van der Waals surface area contributed by atoms with E-state index < -0.39 is 4.92 Å². The molecule has 0 aliphatic rings. The predicted octanol–water partition coefficient (Wildman–Crippen LogP) is 3.07. The van der Waals surface area contributed by atoms with Gasteiger partial charge in [-0.1, -0.05) is 21.9 Å². The zero-order valence-corrected chi connectivity index (χ0v) is 11.6.